The second-order valence-corrected chi connectivity index (χ2v) is 6.84. The predicted octanol–water partition coefficient (Wildman–Crippen LogP) is 1.87. The first-order valence-electron chi connectivity index (χ1n) is 6.01. The standard InChI is InChI=1S/C13H18O4Si/c1-4-12(14)16-18(3,17-13(15)5-2)11-9-7-6-8-10-11/h6-10H,4-5H2,1-3H3. The van der Waals surface area contributed by atoms with Gasteiger partial charge < -0.3 is 8.85 Å². The average molecular weight is 266 g/mol. The van der Waals surface area contributed by atoms with E-state index in [2.05, 4.69) is 0 Å². The SMILES string of the molecule is CCC(=O)O[Si](C)(OC(=O)CC)c1ccccc1. The van der Waals surface area contributed by atoms with Crippen LogP contribution in [0.25, 0.3) is 0 Å². The van der Waals surface area contributed by atoms with Gasteiger partial charge in [0.05, 0.1) is 0 Å². The van der Waals surface area contributed by atoms with Crippen LogP contribution in [0.3, 0.4) is 0 Å². The van der Waals surface area contributed by atoms with Crippen LogP contribution in [0.2, 0.25) is 6.55 Å². The summed E-state index contributed by atoms with van der Waals surface area (Å²) in [6, 6.07) is 9.16. The minimum absolute atomic E-state index is 0.263. The molecule has 0 N–H and O–H groups in total. The van der Waals surface area contributed by atoms with Crippen LogP contribution in [0.5, 0.6) is 0 Å². The van der Waals surface area contributed by atoms with Gasteiger partial charge in [-0.3, -0.25) is 9.59 Å². The summed E-state index contributed by atoms with van der Waals surface area (Å²) in [5, 5.41) is 0.772. The molecule has 0 fully saturated rings. The van der Waals surface area contributed by atoms with Crippen molar-refractivity contribution in [3.63, 3.8) is 0 Å². The number of carbonyl (C=O) groups excluding carboxylic acids is 2. The molecule has 18 heavy (non-hydrogen) atoms. The molecule has 1 rings (SSSR count). The number of hydrogen-bond acceptors (Lipinski definition) is 4. The van der Waals surface area contributed by atoms with Crippen molar-refractivity contribution in [3.8, 4) is 0 Å². The van der Waals surface area contributed by atoms with Crippen molar-refractivity contribution in [2.24, 2.45) is 0 Å². The minimum atomic E-state index is -2.99. The van der Waals surface area contributed by atoms with Crippen molar-refractivity contribution in [1.29, 1.82) is 0 Å². The first kappa shape index (κ1) is 14.4. The Labute approximate surface area is 108 Å². The number of rotatable bonds is 5. The molecule has 1 aromatic rings. The van der Waals surface area contributed by atoms with Gasteiger partial charge in [-0.15, -0.1) is 0 Å². The van der Waals surface area contributed by atoms with Gasteiger partial charge in [-0.25, -0.2) is 0 Å². The largest absolute Gasteiger partial charge is 0.496 e. The molecule has 0 radical (unpaired) electrons. The Morgan fingerprint density at radius 3 is 1.83 bits per heavy atom. The Morgan fingerprint density at radius 1 is 1.00 bits per heavy atom. The molecule has 0 amide bonds. The van der Waals surface area contributed by atoms with Gasteiger partial charge in [-0.2, -0.15) is 0 Å². The Hall–Kier alpha value is -1.62. The van der Waals surface area contributed by atoms with Gasteiger partial charge in [0.1, 0.15) is 0 Å². The van der Waals surface area contributed by atoms with E-state index in [0.29, 0.717) is 0 Å². The molecule has 0 saturated carbocycles. The van der Waals surface area contributed by atoms with E-state index in [1.54, 1.807) is 20.4 Å². The highest BCUT2D eigenvalue weighted by molar-refractivity contribution is 6.82. The van der Waals surface area contributed by atoms with Crippen LogP contribution < -0.4 is 5.19 Å². The van der Waals surface area contributed by atoms with Gasteiger partial charge >= 0.3 is 8.56 Å². The highest BCUT2D eigenvalue weighted by Crippen LogP contribution is 2.11. The van der Waals surface area contributed by atoms with Gasteiger partial charge in [0, 0.05) is 24.6 Å². The molecule has 1 aromatic carbocycles. The summed E-state index contributed by atoms with van der Waals surface area (Å²) < 4.78 is 10.8. The van der Waals surface area contributed by atoms with Gasteiger partial charge in [-0.1, -0.05) is 44.2 Å². The molecular formula is C13H18O4Si. The molecule has 0 bridgehead atoms. The lowest BCUT2D eigenvalue weighted by atomic mass is 10.4. The van der Waals surface area contributed by atoms with E-state index in [1.165, 1.54) is 0 Å². The second kappa shape index (κ2) is 6.35. The first-order valence-corrected chi connectivity index (χ1v) is 8.32. The van der Waals surface area contributed by atoms with Crippen LogP contribution >= 0.6 is 0 Å². The van der Waals surface area contributed by atoms with E-state index >= 15 is 0 Å². The van der Waals surface area contributed by atoms with Crippen molar-refractivity contribution >= 4 is 25.7 Å². The summed E-state index contributed by atoms with van der Waals surface area (Å²) in [7, 11) is -2.99. The Kier molecular flexibility index (Phi) is 5.09. The van der Waals surface area contributed by atoms with Crippen LogP contribution in [0.4, 0.5) is 0 Å². The molecule has 0 unspecified atom stereocenters. The van der Waals surface area contributed by atoms with Crippen LogP contribution in [-0.4, -0.2) is 20.5 Å². The quantitative estimate of drug-likeness (QED) is 0.763. The lowest BCUT2D eigenvalue weighted by Gasteiger charge is -2.26. The van der Waals surface area contributed by atoms with E-state index in [9.17, 15) is 9.59 Å². The number of benzene rings is 1. The molecule has 0 aromatic heterocycles. The first-order chi connectivity index (χ1) is 8.51. The number of hydrogen-bond donors (Lipinski definition) is 0. The van der Waals surface area contributed by atoms with Crippen molar-refractivity contribution in [2.45, 2.75) is 33.2 Å². The topological polar surface area (TPSA) is 52.6 Å². The average Bonchev–Trinajstić information content (AvgIpc) is 2.39. The van der Waals surface area contributed by atoms with Crippen LogP contribution in [0.15, 0.2) is 30.3 Å². The smallest absolute Gasteiger partial charge is 0.482 e. The monoisotopic (exact) mass is 266 g/mol. The lowest BCUT2D eigenvalue weighted by molar-refractivity contribution is -0.140. The van der Waals surface area contributed by atoms with E-state index in [1.807, 2.05) is 30.3 Å². The highest BCUT2D eigenvalue weighted by Gasteiger charge is 2.41. The summed E-state index contributed by atoms with van der Waals surface area (Å²) >= 11 is 0. The number of carbonyl (C=O) groups is 2. The summed E-state index contributed by atoms with van der Waals surface area (Å²) in [5.41, 5.74) is 0. The molecule has 0 heterocycles. The molecule has 0 aliphatic rings. The summed E-state index contributed by atoms with van der Waals surface area (Å²) in [4.78, 5) is 23.0. The molecule has 0 saturated heterocycles. The molecule has 0 aliphatic carbocycles. The third-order valence-corrected chi connectivity index (χ3v) is 5.11. The van der Waals surface area contributed by atoms with E-state index in [-0.39, 0.29) is 24.8 Å². The predicted molar refractivity (Wildman–Crippen MR) is 70.5 cm³/mol. The third-order valence-electron chi connectivity index (χ3n) is 2.49. The fourth-order valence-electron chi connectivity index (χ4n) is 1.46. The zero-order valence-electron chi connectivity index (χ0n) is 10.9. The maximum Gasteiger partial charge on any atom is 0.496 e. The van der Waals surface area contributed by atoms with Gasteiger partial charge in [0.25, 0.3) is 11.9 Å². The van der Waals surface area contributed by atoms with Gasteiger partial charge in [-0.05, 0) is 0 Å². The van der Waals surface area contributed by atoms with Crippen LogP contribution in [0.1, 0.15) is 26.7 Å². The fraction of sp³-hybridized carbons (Fsp3) is 0.385. The molecular weight excluding hydrogens is 248 g/mol. The summed E-state index contributed by atoms with van der Waals surface area (Å²) in [5.74, 6) is -0.700. The molecule has 4 nitrogen and oxygen atoms in total. The summed E-state index contributed by atoms with van der Waals surface area (Å²) in [6.07, 6.45) is 0.526. The van der Waals surface area contributed by atoms with Crippen molar-refractivity contribution in [2.75, 3.05) is 0 Å². The minimum Gasteiger partial charge on any atom is -0.482 e. The molecule has 0 atom stereocenters. The Bertz CT molecular complexity index is 398. The van der Waals surface area contributed by atoms with Gasteiger partial charge in [0.15, 0.2) is 0 Å². The lowest BCUT2D eigenvalue weighted by Crippen LogP contribution is -2.53. The normalized spacial score (nSPS) is 10.8. The molecule has 0 aliphatic heterocycles. The molecule has 0 spiro atoms. The van der Waals surface area contributed by atoms with Crippen molar-refractivity contribution in [3.05, 3.63) is 30.3 Å². The van der Waals surface area contributed by atoms with Crippen molar-refractivity contribution < 1.29 is 18.4 Å². The van der Waals surface area contributed by atoms with Crippen LogP contribution in [-0.2, 0) is 18.4 Å². The molecule has 98 valence electrons. The maximum absolute atomic E-state index is 11.5. The zero-order chi connectivity index (χ0) is 13.6. The van der Waals surface area contributed by atoms with E-state index in [0.717, 1.165) is 5.19 Å². The maximum atomic E-state index is 11.5. The zero-order valence-corrected chi connectivity index (χ0v) is 11.9. The third kappa shape index (κ3) is 3.70. The Balaban J connectivity index is 3.00. The van der Waals surface area contributed by atoms with E-state index < -0.39 is 8.56 Å². The van der Waals surface area contributed by atoms with E-state index in [4.69, 9.17) is 8.85 Å². The Morgan fingerprint density at radius 2 is 1.44 bits per heavy atom. The molecule has 5 heteroatoms. The summed E-state index contributed by atoms with van der Waals surface area (Å²) in [6.45, 7) is 5.14. The second-order valence-electron chi connectivity index (χ2n) is 3.97. The van der Waals surface area contributed by atoms with Gasteiger partial charge in [0.2, 0.25) is 0 Å². The fourth-order valence-corrected chi connectivity index (χ4v) is 3.69. The highest BCUT2D eigenvalue weighted by atomic mass is 28.4. The van der Waals surface area contributed by atoms with Crippen LogP contribution in [0, 0.1) is 0 Å². The van der Waals surface area contributed by atoms with Crippen molar-refractivity contribution in [1.82, 2.24) is 0 Å².